The van der Waals surface area contributed by atoms with Crippen LogP contribution in [0.2, 0.25) is 0 Å². The van der Waals surface area contributed by atoms with E-state index >= 15 is 0 Å². The van der Waals surface area contributed by atoms with Crippen molar-refractivity contribution in [1.29, 1.82) is 0 Å². The maximum Gasteiger partial charge on any atom is 0.226 e. The van der Waals surface area contributed by atoms with Gasteiger partial charge >= 0.3 is 0 Å². The van der Waals surface area contributed by atoms with Gasteiger partial charge in [-0.1, -0.05) is 13.8 Å². The Morgan fingerprint density at radius 2 is 1.92 bits per heavy atom. The summed E-state index contributed by atoms with van der Waals surface area (Å²) in [5.74, 6) is 2.14. The van der Waals surface area contributed by atoms with Gasteiger partial charge in [-0.25, -0.2) is 9.50 Å². The lowest BCUT2D eigenvalue weighted by Gasteiger charge is -2.50. The predicted molar refractivity (Wildman–Crippen MR) is 155 cm³/mol. The number of thiophene rings is 1. The molecule has 1 amide bonds. The van der Waals surface area contributed by atoms with Gasteiger partial charge in [0, 0.05) is 47.2 Å². The summed E-state index contributed by atoms with van der Waals surface area (Å²) in [6.07, 6.45) is 9.58. The van der Waals surface area contributed by atoms with Gasteiger partial charge in [0.05, 0.1) is 11.1 Å². The van der Waals surface area contributed by atoms with Crippen LogP contribution < -0.4 is 5.32 Å². The summed E-state index contributed by atoms with van der Waals surface area (Å²) in [6.45, 7) is 13.5. The highest BCUT2D eigenvalue weighted by atomic mass is 32.1. The largest absolute Gasteiger partial charge is 0.356 e. The number of pyridine rings is 1. The van der Waals surface area contributed by atoms with Crippen molar-refractivity contribution in [3.8, 4) is 11.3 Å². The zero-order chi connectivity index (χ0) is 26.8. The van der Waals surface area contributed by atoms with Crippen LogP contribution in [0.25, 0.3) is 27.1 Å². The molecule has 2 N–H and O–H groups in total. The Morgan fingerprint density at radius 3 is 2.62 bits per heavy atom. The second-order valence-corrected chi connectivity index (χ2v) is 14.3. The van der Waals surface area contributed by atoms with Crippen LogP contribution in [0.15, 0.2) is 12.5 Å². The van der Waals surface area contributed by atoms with E-state index in [9.17, 15) is 4.79 Å². The predicted octanol–water partition coefficient (Wildman–Crippen LogP) is 5.83. The molecule has 4 fully saturated rings. The number of carbonyl (C=O) groups is 1. The number of H-pyrrole nitrogens is 1. The van der Waals surface area contributed by atoms with E-state index in [0.717, 1.165) is 37.4 Å². The molecule has 1 spiro atoms. The van der Waals surface area contributed by atoms with E-state index in [-0.39, 0.29) is 5.41 Å². The number of piperidine rings is 1. The van der Waals surface area contributed by atoms with Crippen LogP contribution in [-0.2, 0) is 4.79 Å². The molecule has 0 radical (unpaired) electrons. The number of hydrogen-bond acceptors (Lipinski definition) is 5. The molecular formula is C31H38N6OS. The smallest absolute Gasteiger partial charge is 0.226 e. The lowest BCUT2D eigenvalue weighted by molar-refractivity contribution is -0.136. The molecule has 39 heavy (non-hydrogen) atoms. The zero-order valence-electron chi connectivity index (χ0n) is 23.6. The van der Waals surface area contributed by atoms with E-state index in [1.165, 1.54) is 63.1 Å². The Morgan fingerprint density at radius 1 is 1.10 bits per heavy atom. The normalized spacial score (nSPS) is 30.5. The highest BCUT2D eigenvalue weighted by Crippen LogP contribution is 2.57. The number of aromatic nitrogens is 4. The molecule has 204 valence electrons. The molecule has 8 rings (SSSR count). The SMILES string of the molecule is Cc1c(-c2[nH]c3sc([C@@H]4C[C@H]5C[C@H]4CN5C4CC5(CCNC5=O)C4)c(C)c3c2C(C)C)cn2ncnc2c1C. The summed E-state index contributed by atoms with van der Waals surface area (Å²) in [6, 6.07) is 1.31. The summed E-state index contributed by atoms with van der Waals surface area (Å²) in [7, 11) is 0. The van der Waals surface area contributed by atoms with Gasteiger partial charge in [-0.05, 0) is 92.9 Å². The maximum absolute atomic E-state index is 12.4. The van der Waals surface area contributed by atoms with Gasteiger partial charge in [-0.15, -0.1) is 11.3 Å². The van der Waals surface area contributed by atoms with Crippen molar-refractivity contribution in [1.82, 2.24) is 29.8 Å². The van der Waals surface area contributed by atoms with E-state index in [1.807, 2.05) is 15.9 Å². The minimum absolute atomic E-state index is 0.0324. The molecule has 4 aliphatic rings. The number of aromatic amines is 1. The molecule has 4 aromatic rings. The lowest BCUT2D eigenvalue weighted by Crippen LogP contribution is -2.56. The number of carbonyl (C=O) groups excluding carboxylic acids is 1. The second-order valence-electron chi connectivity index (χ2n) is 13.2. The molecule has 6 heterocycles. The monoisotopic (exact) mass is 542 g/mol. The van der Waals surface area contributed by atoms with Crippen molar-refractivity contribution >= 4 is 33.1 Å². The maximum atomic E-state index is 12.4. The summed E-state index contributed by atoms with van der Waals surface area (Å²) in [5, 5.41) is 8.98. The fourth-order valence-corrected chi connectivity index (χ4v) is 10.2. The van der Waals surface area contributed by atoms with Crippen LogP contribution in [0.1, 0.15) is 84.9 Å². The van der Waals surface area contributed by atoms with Crippen LogP contribution in [0, 0.1) is 32.1 Å². The van der Waals surface area contributed by atoms with Crippen LogP contribution in [0.4, 0.5) is 0 Å². The van der Waals surface area contributed by atoms with Gasteiger partial charge in [0.1, 0.15) is 11.2 Å². The molecule has 7 nitrogen and oxygen atoms in total. The van der Waals surface area contributed by atoms with Crippen LogP contribution in [0.3, 0.4) is 0 Å². The first-order valence-corrected chi connectivity index (χ1v) is 15.6. The molecule has 0 unspecified atom stereocenters. The Hall–Kier alpha value is -2.71. The Bertz CT molecular complexity index is 1650. The third kappa shape index (κ3) is 3.22. The van der Waals surface area contributed by atoms with Gasteiger partial charge in [-0.2, -0.15) is 5.10 Å². The van der Waals surface area contributed by atoms with Gasteiger partial charge in [0.15, 0.2) is 5.65 Å². The number of aryl methyl sites for hydroxylation is 2. The second kappa shape index (κ2) is 8.16. The Labute approximate surface area is 233 Å². The summed E-state index contributed by atoms with van der Waals surface area (Å²) < 4.78 is 1.92. The highest BCUT2D eigenvalue weighted by Gasteiger charge is 2.57. The molecule has 2 aliphatic carbocycles. The minimum Gasteiger partial charge on any atom is -0.356 e. The van der Waals surface area contributed by atoms with E-state index in [2.05, 4.69) is 66.1 Å². The molecule has 2 saturated carbocycles. The van der Waals surface area contributed by atoms with E-state index in [0.29, 0.717) is 29.8 Å². The van der Waals surface area contributed by atoms with E-state index in [4.69, 9.17) is 0 Å². The van der Waals surface area contributed by atoms with Crippen molar-refractivity contribution in [2.75, 3.05) is 13.1 Å². The lowest BCUT2D eigenvalue weighted by atomic mass is 9.63. The highest BCUT2D eigenvalue weighted by molar-refractivity contribution is 7.19. The molecule has 2 saturated heterocycles. The Balaban J connectivity index is 1.10. The van der Waals surface area contributed by atoms with Crippen LogP contribution >= 0.6 is 11.3 Å². The molecule has 4 aromatic heterocycles. The third-order valence-electron chi connectivity index (χ3n) is 10.9. The molecule has 3 atom stereocenters. The standard InChI is InChI=1S/C31H38N6OS/c1-15(2)24-25-18(5)27(39-29(25)35-26(24)23-13-37-28(33-14-34-37)17(4)16(23)3)22-9-20-8-19(22)12-36(20)21-10-31(11-21)6-7-32-30(31)38/h13-15,19-22,35H,6-12H2,1-5H3,(H,32,38)/t19-,20+,21?,22+,31?/m0/s1. The van der Waals surface area contributed by atoms with Crippen LogP contribution in [-0.4, -0.2) is 55.6 Å². The number of fused-ring (bicyclic) bond motifs is 4. The summed E-state index contributed by atoms with van der Waals surface area (Å²) in [5.41, 5.74) is 8.75. The molecule has 8 heteroatoms. The average molecular weight is 543 g/mol. The van der Waals surface area contributed by atoms with Gasteiger partial charge in [0.25, 0.3) is 0 Å². The number of hydrogen-bond donors (Lipinski definition) is 2. The zero-order valence-corrected chi connectivity index (χ0v) is 24.4. The topological polar surface area (TPSA) is 78.3 Å². The van der Waals surface area contributed by atoms with Gasteiger partial charge in [0.2, 0.25) is 5.91 Å². The number of nitrogens with one attached hydrogen (secondary N) is 2. The fraction of sp³-hybridized carbons (Fsp3) is 0.581. The average Bonchev–Trinajstić information content (AvgIpc) is 3.70. The molecule has 2 bridgehead atoms. The Kier molecular flexibility index (Phi) is 5.05. The van der Waals surface area contributed by atoms with Crippen LogP contribution in [0.5, 0.6) is 0 Å². The number of nitrogens with zero attached hydrogens (tertiary/aromatic N) is 4. The number of amides is 1. The van der Waals surface area contributed by atoms with Crippen molar-refractivity contribution in [3.05, 3.63) is 39.7 Å². The van der Waals surface area contributed by atoms with Crippen molar-refractivity contribution < 1.29 is 4.79 Å². The minimum atomic E-state index is -0.0324. The first-order chi connectivity index (χ1) is 18.8. The van der Waals surface area contributed by atoms with Gasteiger partial charge < -0.3 is 10.3 Å². The first kappa shape index (κ1) is 24.1. The number of rotatable bonds is 4. The first-order valence-electron chi connectivity index (χ1n) is 14.7. The van der Waals surface area contributed by atoms with Crippen molar-refractivity contribution in [3.63, 3.8) is 0 Å². The van der Waals surface area contributed by atoms with Gasteiger partial charge in [-0.3, -0.25) is 9.69 Å². The fourth-order valence-electron chi connectivity index (χ4n) is 8.79. The van der Waals surface area contributed by atoms with Crippen molar-refractivity contribution in [2.45, 2.75) is 90.6 Å². The van der Waals surface area contributed by atoms with E-state index in [1.54, 1.807) is 11.2 Å². The third-order valence-corrected chi connectivity index (χ3v) is 12.3. The quantitative estimate of drug-likeness (QED) is 0.340. The van der Waals surface area contributed by atoms with Crippen molar-refractivity contribution in [2.24, 2.45) is 11.3 Å². The molecule has 0 aromatic carbocycles. The summed E-state index contributed by atoms with van der Waals surface area (Å²) >= 11 is 2.01. The van der Waals surface area contributed by atoms with E-state index < -0.39 is 0 Å². The molecular weight excluding hydrogens is 504 g/mol. The number of likely N-dealkylation sites (tertiary alicyclic amines) is 1. The summed E-state index contributed by atoms with van der Waals surface area (Å²) in [4.78, 5) is 26.4. The molecule has 2 aliphatic heterocycles.